The SMILES string of the molecule is CCc1cccc(CC)c1NC(=O)NC(=O)CCl. The Hall–Kier alpha value is -1.55. The van der Waals surface area contributed by atoms with E-state index in [1.807, 2.05) is 32.0 Å². The van der Waals surface area contributed by atoms with Crippen LogP contribution in [0.1, 0.15) is 25.0 Å². The second-order valence-corrected chi connectivity index (χ2v) is 4.06. The van der Waals surface area contributed by atoms with Crippen LogP contribution in [0.2, 0.25) is 0 Å². The first-order valence-electron chi connectivity index (χ1n) is 5.89. The predicted molar refractivity (Wildman–Crippen MR) is 73.1 cm³/mol. The van der Waals surface area contributed by atoms with E-state index in [-0.39, 0.29) is 5.88 Å². The quantitative estimate of drug-likeness (QED) is 0.825. The molecule has 0 aromatic heterocycles. The summed E-state index contributed by atoms with van der Waals surface area (Å²) in [6, 6.07) is 5.33. The van der Waals surface area contributed by atoms with Crippen LogP contribution in [-0.2, 0) is 17.6 Å². The van der Waals surface area contributed by atoms with Gasteiger partial charge >= 0.3 is 6.03 Å². The van der Waals surface area contributed by atoms with Gasteiger partial charge in [-0.3, -0.25) is 10.1 Å². The van der Waals surface area contributed by atoms with E-state index >= 15 is 0 Å². The maximum Gasteiger partial charge on any atom is 0.325 e. The number of nitrogens with one attached hydrogen (secondary N) is 2. The highest BCUT2D eigenvalue weighted by Gasteiger charge is 2.11. The first-order valence-corrected chi connectivity index (χ1v) is 6.43. The normalized spacial score (nSPS) is 9.94. The maximum absolute atomic E-state index is 11.6. The number of carbonyl (C=O) groups is 2. The molecule has 0 radical (unpaired) electrons. The number of amides is 3. The zero-order valence-corrected chi connectivity index (χ0v) is 11.3. The number of rotatable bonds is 4. The molecule has 0 spiro atoms. The Bertz CT molecular complexity index is 424. The van der Waals surface area contributed by atoms with Crippen molar-refractivity contribution in [2.24, 2.45) is 0 Å². The monoisotopic (exact) mass is 268 g/mol. The van der Waals surface area contributed by atoms with E-state index in [0.717, 1.165) is 29.7 Å². The summed E-state index contributed by atoms with van der Waals surface area (Å²) in [7, 11) is 0. The van der Waals surface area contributed by atoms with Crippen molar-refractivity contribution >= 4 is 29.2 Å². The number of hydrogen-bond acceptors (Lipinski definition) is 2. The summed E-state index contributed by atoms with van der Waals surface area (Å²) in [5, 5.41) is 4.88. The standard InChI is InChI=1S/C13H17ClN2O2/c1-3-9-6-5-7-10(4-2)12(9)16-13(18)15-11(17)8-14/h5-7H,3-4,8H2,1-2H3,(H2,15,16,17,18). The van der Waals surface area contributed by atoms with Crippen LogP contribution in [0.25, 0.3) is 0 Å². The Labute approximate surface area is 112 Å². The highest BCUT2D eigenvalue weighted by Crippen LogP contribution is 2.22. The molecule has 0 fully saturated rings. The van der Waals surface area contributed by atoms with Crippen molar-refractivity contribution in [3.05, 3.63) is 29.3 Å². The third-order valence-electron chi connectivity index (χ3n) is 2.61. The zero-order valence-electron chi connectivity index (χ0n) is 10.5. The van der Waals surface area contributed by atoms with Gasteiger partial charge in [0.15, 0.2) is 0 Å². The van der Waals surface area contributed by atoms with Crippen molar-refractivity contribution in [1.82, 2.24) is 5.32 Å². The summed E-state index contributed by atoms with van der Waals surface area (Å²) in [5.74, 6) is -0.745. The zero-order chi connectivity index (χ0) is 13.5. The van der Waals surface area contributed by atoms with Crippen LogP contribution in [0.3, 0.4) is 0 Å². The number of anilines is 1. The highest BCUT2D eigenvalue weighted by molar-refractivity contribution is 6.28. The van der Waals surface area contributed by atoms with Crippen LogP contribution in [0.5, 0.6) is 0 Å². The number of alkyl halides is 1. The second kappa shape index (κ2) is 7.01. The minimum atomic E-state index is -0.545. The summed E-state index contributed by atoms with van der Waals surface area (Å²) in [4.78, 5) is 22.6. The average molecular weight is 269 g/mol. The molecule has 4 nitrogen and oxygen atoms in total. The molecule has 0 saturated carbocycles. The molecule has 2 N–H and O–H groups in total. The lowest BCUT2D eigenvalue weighted by molar-refractivity contribution is -0.117. The van der Waals surface area contributed by atoms with Gasteiger partial charge in [0.25, 0.3) is 0 Å². The molecule has 0 unspecified atom stereocenters. The van der Waals surface area contributed by atoms with E-state index in [2.05, 4.69) is 10.6 Å². The van der Waals surface area contributed by atoms with Crippen molar-refractivity contribution < 1.29 is 9.59 Å². The van der Waals surface area contributed by atoms with E-state index in [4.69, 9.17) is 11.6 Å². The largest absolute Gasteiger partial charge is 0.325 e. The average Bonchev–Trinajstić information content (AvgIpc) is 2.38. The van der Waals surface area contributed by atoms with Gasteiger partial charge in [0, 0.05) is 5.69 Å². The highest BCUT2D eigenvalue weighted by atomic mass is 35.5. The van der Waals surface area contributed by atoms with Crippen molar-refractivity contribution in [1.29, 1.82) is 0 Å². The number of benzene rings is 1. The molecule has 0 saturated heterocycles. The van der Waals surface area contributed by atoms with Gasteiger partial charge < -0.3 is 5.32 Å². The van der Waals surface area contributed by atoms with Gasteiger partial charge in [0.1, 0.15) is 5.88 Å². The summed E-state index contributed by atoms with van der Waals surface area (Å²) < 4.78 is 0. The Morgan fingerprint density at radius 2 is 1.72 bits per heavy atom. The number of urea groups is 1. The number of carbonyl (C=O) groups excluding carboxylic acids is 2. The van der Waals surface area contributed by atoms with Gasteiger partial charge in [-0.15, -0.1) is 11.6 Å². The molecule has 0 aliphatic rings. The first kappa shape index (κ1) is 14.5. The molecule has 98 valence electrons. The number of aryl methyl sites for hydroxylation is 2. The molecule has 1 aromatic rings. The summed E-state index contributed by atoms with van der Waals surface area (Å²) in [6.45, 7) is 4.03. The predicted octanol–water partition coefficient (Wildman–Crippen LogP) is 2.70. The summed E-state index contributed by atoms with van der Waals surface area (Å²) >= 11 is 5.32. The topological polar surface area (TPSA) is 58.2 Å². The lowest BCUT2D eigenvalue weighted by Crippen LogP contribution is -2.35. The lowest BCUT2D eigenvalue weighted by Gasteiger charge is -2.14. The molecule has 1 rings (SSSR count). The van der Waals surface area contributed by atoms with Crippen LogP contribution in [0.4, 0.5) is 10.5 Å². The van der Waals surface area contributed by atoms with Gasteiger partial charge in [-0.1, -0.05) is 32.0 Å². The van der Waals surface area contributed by atoms with E-state index < -0.39 is 11.9 Å². The fourth-order valence-electron chi connectivity index (χ4n) is 1.71. The molecule has 5 heteroatoms. The van der Waals surface area contributed by atoms with Crippen LogP contribution >= 0.6 is 11.6 Å². The van der Waals surface area contributed by atoms with E-state index in [1.54, 1.807) is 0 Å². The molecule has 0 bridgehead atoms. The van der Waals surface area contributed by atoms with Crippen LogP contribution in [-0.4, -0.2) is 17.8 Å². The molecular formula is C13H17ClN2O2. The molecule has 0 aliphatic carbocycles. The van der Waals surface area contributed by atoms with Crippen molar-refractivity contribution in [2.75, 3.05) is 11.2 Å². The molecule has 1 aromatic carbocycles. The summed E-state index contributed by atoms with van der Waals surface area (Å²) in [5.41, 5.74) is 2.87. The minimum Gasteiger partial charge on any atom is -0.307 e. The van der Waals surface area contributed by atoms with Crippen LogP contribution in [0, 0.1) is 0 Å². The molecule has 0 atom stereocenters. The Morgan fingerprint density at radius 1 is 1.17 bits per heavy atom. The number of hydrogen-bond donors (Lipinski definition) is 2. The molecule has 18 heavy (non-hydrogen) atoms. The summed E-state index contributed by atoms with van der Waals surface area (Å²) in [6.07, 6.45) is 1.62. The fourth-order valence-corrected chi connectivity index (χ4v) is 1.77. The smallest absolute Gasteiger partial charge is 0.307 e. The minimum absolute atomic E-state index is 0.233. The third kappa shape index (κ3) is 3.74. The Morgan fingerprint density at radius 3 is 2.17 bits per heavy atom. The number of imide groups is 1. The molecule has 3 amide bonds. The van der Waals surface area contributed by atoms with Gasteiger partial charge in [-0.05, 0) is 24.0 Å². The van der Waals surface area contributed by atoms with Gasteiger partial charge in [0.2, 0.25) is 5.91 Å². The third-order valence-corrected chi connectivity index (χ3v) is 2.85. The van der Waals surface area contributed by atoms with Gasteiger partial charge in [-0.2, -0.15) is 0 Å². The fraction of sp³-hybridized carbons (Fsp3) is 0.385. The van der Waals surface area contributed by atoms with Crippen molar-refractivity contribution in [3.8, 4) is 0 Å². The first-order chi connectivity index (χ1) is 8.62. The van der Waals surface area contributed by atoms with Crippen LogP contribution < -0.4 is 10.6 Å². The number of halogens is 1. The number of para-hydroxylation sites is 1. The second-order valence-electron chi connectivity index (χ2n) is 3.79. The molecule has 0 aliphatic heterocycles. The van der Waals surface area contributed by atoms with Crippen LogP contribution in [0.15, 0.2) is 18.2 Å². The maximum atomic E-state index is 11.6. The van der Waals surface area contributed by atoms with E-state index in [0.29, 0.717) is 0 Å². The molecular weight excluding hydrogens is 252 g/mol. The lowest BCUT2D eigenvalue weighted by atomic mass is 10.0. The Balaban J connectivity index is 2.88. The van der Waals surface area contributed by atoms with Crippen molar-refractivity contribution in [2.45, 2.75) is 26.7 Å². The molecule has 0 heterocycles. The van der Waals surface area contributed by atoms with Crippen molar-refractivity contribution in [3.63, 3.8) is 0 Å². The Kier molecular flexibility index (Phi) is 5.65. The van der Waals surface area contributed by atoms with E-state index in [9.17, 15) is 9.59 Å². The van der Waals surface area contributed by atoms with Gasteiger partial charge in [-0.25, -0.2) is 4.79 Å². The van der Waals surface area contributed by atoms with E-state index in [1.165, 1.54) is 0 Å². The van der Waals surface area contributed by atoms with Gasteiger partial charge in [0.05, 0.1) is 0 Å².